The molecule has 1 amide bonds. The van der Waals surface area contributed by atoms with E-state index in [9.17, 15) is 9.90 Å². The minimum atomic E-state index is -0.735. The normalized spacial score (nSPS) is 21.8. The Kier molecular flexibility index (Phi) is 8.44. The number of likely N-dealkylation sites (tertiary alicyclic amines) is 2. The average molecular weight is 552 g/mol. The highest BCUT2D eigenvalue weighted by molar-refractivity contribution is 6.42. The lowest BCUT2D eigenvalue weighted by molar-refractivity contribution is -0.0265. The van der Waals surface area contributed by atoms with Crippen molar-refractivity contribution in [2.45, 2.75) is 49.5 Å². The number of amides is 1. The van der Waals surface area contributed by atoms with Gasteiger partial charge in [0.15, 0.2) is 0 Å². The molecule has 38 heavy (non-hydrogen) atoms. The molecule has 1 atom stereocenters. The Bertz CT molecular complexity index is 1230. The fraction of sp³-hybridized carbons (Fsp3) is 0.406. The summed E-state index contributed by atoms with van der Waals surface area (Å²) in [6.07, 6.45) is 5.42. The summed E-state index contributed by atoms with van der Waals surface area (Å²) in [5.74, 6) is 0.0889. The van der Waals surface area contributed by atoms with Crippen LogP contribution < -0.4 is 0 Å². The number of halogens is 2. The lowest BCUT2D eigenvalue weighted by Crippen LogP contribution is -2.49. The zero-order valence-electron chi connectivity index (χ0n) is 21.8. The highest BCUT2D eigenvalue weighted by atomic mass is 35.5. The zero-order chi connectivity index (χ0) is 26.6. The molecular weight excluding hydrogens is 515 g/mol. The van der Waals surface area contributed by atoms with Crippen molar-refractivity contribution in [2.24, 2.45) is 0 Å². The van der Waals surface area contributed by atoms with E-state index in [1.54, 1.807) is 0 Å². The van der Waals surface area contributed by atoms with Crippen molar-refractivity contribution in [3.8, 4) is 0 Å². The first-order valence-corrected chi connectivity index (χ1v) is 14.4. The molecule has 0 radical (unpaired) electrons. The maximum absolute atomic E-state index is 13.4. The van der Waals surface area contributed by atoms with Crippen LogP contribution in [0.2, 0.25) is 10.0 Å². The summed E-state index contributed by atoms with van der Waals surface area (Å²) >= 11 is 12.8. The molecule has 2 heterocycles. The van der Waals surface area contributed by atoms with E-state index >= 15 is 0 Å². The third-order valence-electron chi connectivity index (χ3n) is 8.54. The molecule has 2 saturated heterocycles. The van der Waals surface area contributed by atoms with Gasteiger partial charge in [-0.05, 0) is 80.5 Å². The quantitative estimate of drug-likeness (QED) is 0.346. The van der Waals surface area contributed by atoms with Gasteiger partial charge in [-0.2, -0.15) is 0 Å². The summed E-state index contributed by atoms with van der Waals surface area (Å²) in [6.45, 7) is 4.17. The monoisotopic (exact) mass is 550 g/mol. The van der Waals surface area contributed by atoms with E-state index in [1.807, 2.05) is 77.7 Å². The number of piperidine rings is 2. The minimum Gasteiger partial charge on any atom is -0.385 e. The van der Waals surface area contributed by atoms with E-state index in [4.69, 9.17) is 23.2 Å². The largest absolute Gasteiger partial charge is 0.385 e. The van der Waals surface area contributed by atoms with Gasteiger partial charge in [-0.1, -0.05) is 77.8 Å². The second-order valence-corrected chi connectivity index (χ2v) is 11.8. The lowest BCUT2D eigenvalue weighted by atomic mass is 9.70. The lowest BCUT2D eigenvalue weighted by Gasteiger charge is -2.44. The first kappa shape index (κ1) is 27.2. The van der Waals surface area contributed by atoms with E-state index < -0.39 is 5.60 Å². The van der Waals surface area contributed by atoms with Crippen molar-refractivity contribution in [3.05, 3.63) is 106 Å². The van der Waals surface area contributed by atoms with Crippen LogP contribution in [0.1, 0.15) is 60.0 Å². The Morgan fingerprint density at radius 3 is 2.18 bits per heavy atom. The Morgan fingerprint density at radius 2 is 1.50 bits per heavy atom. The van der Waals surface area contributed by atoms with Crippen molar-refractivity contribution in [1.82, 2.24) is 9.80 Å². The third kappa shape index (κ3) is 5.94. The van der Waals surface area contributed by atoms with Crippen LogP contribution in [-0.2, 0) is 11.0 Å². The van der Waals surface area contributed by atoms with Crippen LogP contribution in [-0.4, -0.2) is 53.5 Å². The van der Waals surface area contributed by atoms with Crippen LogP contribution in [0.5, 0.6) is 0 Å². The molecule has 1 N–H and O–H groups in total. The van der Waals surface area contributed by atoms with Crippen molar-refractivity contribution >= 4 is 29.1 Å². The maximum Gasteiger partial charge on any atom is 0.253 e. The molecule has 200 valence electrons. The molecule has 3 aromatic carbocycles. The molecule has 2 aliphatic heterocycles. The Labute approximate surface area is 236 Å². The van der Waals surface area contributed by atoms with Crippen molar-refractivity contribution in [1.29, 1.82) is 0 Å². The number of nitrogens with zero attached hydrogens (tertiary/aromatic N) is 2. The predicted molar refractivity (Wildman–Crippen MR) is 155 cm³/mol. The number of rotatable bonds is 7. The van der Waals surface area contributed by atoms with Gasteiger partial charge < -0.3 is 14.9 Å². The van der Waals surface area contributed by atoms with Crippen molar-refractivity contribution in [3.63, 3.8) is 0 Å². The maximum atomic E-state index is 13.4. The van der Waals surface area contributed by atoms with Gasteiger partial charge in [0.1, 0.15) is 0 Å². The van der Waals surface area contributed by atoms with E-state index in [0.717, 1.165) is 81.4 Å². The molecule has 0 spiro atoms. The minimum absolute atomic E-state index is 0.0889. The van der Waals surface area contributed by atoms with Crippen LogP contribution in [0.25, 0.3) is 0 Å². The molecule has 4 nitrogen and oxygen atoms in total. The van der Waals surface area contributed by atoms with Crippen molar-refractivity contribution in [2.75, 3.05) is 32.7 Å². The van der Waals surface area contributed by atoms with Gasteiger partial charge in [0, 0.05) is 37.2 Å². The zero-order valence-corrected chi connectivity index (χ0v) is 23.3. The van der Waals surface area contributed by atoms with Crippen molar-refractivity contribution < 1.29 is 9.90 Å². The van der Waals surface area contributed by atoms with Gasteiger partial charge >= 0.3 is 0 Å². The molecule has 0 aromatic heterocycles. The number of aliphatic hydroxyl groups is 1. The third-order valence-corrected chi connectivity index (χ3v) is 9.28. The molecule has 2 fully saturated rings. The molecule has 5 rings (SSSR count). The van der Waals surface area contributed by atoms with Crippen LogP contribution in [0.4, 0.5) is 0 Å². The summed E-state index contributed by atoms with van der Waals surface area (Å²) in [4.78, 5) is 17.9. The van der Waals surface area contributed by atoms with Gasteiger partial charge in [-0.3, -0.25) is 4.79 Å². The van der Waals surface area contributed by atoms with Crippen LogP contribution in [0.15, 0.2) is 78.9 Å². The number of hydrogen-bond donors (Lipinski definition) is 1. The number of hydrogen-bond acceptors (Lipinski definition) is 3. The van der Waals surface area contributed by atoms with Gasteiger partial charge in [0.05, 0.1) is 15.6 Å². The Hall–Kier alpha value is -2.37. The van der Waals surface area contributed by atoms with Crippen LogP contribution >= 0.6 is 23.2 Å². The van der Waals surface area contributed by atoms with E-state index in [-0.39, 0.29) is 11.3 Å². The van der Waals surface area contributed by atoms with E-state index in [1.165, 1.54) is 0 Å². The van der Waals surface area contributed by atoms with Gasteiger partial charge in [-0.15, -0.1) is 0 Å². The fourth-order valence-electron chi connectivity index (χ4n) is 6.30. The summed E-state index contributed by atoms with van der Waals surface area (Å²) in [6, 6.07) is 25.6. The average Bonchev–Trinajstić information content (AvgIpc) is 2.96. The molecule has 0 bridgehead atoms. The highest BCUT2D eigenvalue weighted by Gasteiger charge is 2.39. The summed E-state index contributed by atoms with van der Waals surface area (Å²) < 4.78 is 0. The number of benzene rings is 3. The Balaban J connectivity index is 1.28. The van der Waals surface area contributed by atoms with Gasteiger partial charge in [0.2, 0.25) is 0 Å². The first-order valence-electron chi connectivity index (χ1n) is 13.7. The standard InChI is InChI=1S/C32H36Cl2N2O2/c33-28-14-13-27(23-29(28)34)31(16-8-20-36(24-31)30(37)25-9-3-1-4-10-25)15-7-19-35-21-17-32(38,18-22-35)26-11-5-2-6-12-26/h1-6,9-14,23,38H,7-8,15-22,24H2/t31-/m0/s1. The topological polar surface area (TPSA) is 43.8 Å². The van der Waals surface area contributed by atoms with Gasteiger partial charge in [0.25, 0.3) is 5.91 Å². The SMILES string of the molecule is O=C(c1ccccc1)N1CCC[C@](CCCN2CCC(O)(c3ccccc3)CC2)(c2ccc(Cl)c(Cl)c2)C1. The summed E-state index contributed by atoms with van der Waals surface area (Å²) in [5.41, 5.74) is 2.01. The second-order valence-electron chi connectivity index (χ2n) is 10.9. The van der Waals surface area contributed by atoms with E-state index in [2.05, 4.69) is 11.0 Å². The first-order chi connectivity index (χ1) is 18.4. The van der Waals surface area contributed by atoms with Crippen LogP contribution in [0, 0.1) is 0 Å². The molecular formula is C32H36Cl2N2O2. The van der Waals surface area contributed by atoms with Gasteiger partial charge in [-0.25, -0.2) is 0 Å². The fourth-order valence-corrected chi connectivity index (χ4v) is 6.60. The smallest absolute Gasteiger partial charge is 0.253 e. The molecule has 6 heteroatoms. The number of carbonyl (C=O) groups is 1. The number of carbonyl (C=O) groups excluding carboxylic acids is 1. The summed E-state index contributed by atoms with van der Waals surface area (Å²) in [5, 5.41) is 12.3. The molecule has 2 aliphatic rings. The molecule has 0 aliphatic carbocycles. The molecule has 0 saturated carbocycles. The summed E-state index contributed by atoms with van der Waals surface area (Å²) in [7, 11) is 0. The Morgan fingerprint density at radius 1 is 0.816 bits per heavy atom. The van der Waals surface area contributed by atoms with Crippen LogP contribution in [0.3, 0.4) is 0 Å². The highest BCUT2D eigenvalue weighted by Crippen LogP contribution is 2.41. The van der Waals surface area contributed by atoms with E-state index in [0.29, 0.717) is 16.6 Å². The second kappa shape index (κ2) is 11.8. The molecule has 3 aromatic rings. The predicted octanol–water partition coefficient (Wildman–Crippen LogP) is 6.93. The molecule has 0 unspecified atom stereocenters.